The van der Waals surface area contributed by atoms with Gasteiger partial charge >= 0.3 is 12.0 Å². The summed E-state index contributed by atoms with van der Waals surface area (Å²) in [6.45, 7) is 5.59. The fourth-order valence-corrected chi connectivity index (χ4v) is 1.35. The zero-order chi connectivity index (χ0) is 15.8. The highest BCUT2D eigenvalue weighted by molar-refractivity contribution is 5.86. The van der Waals surface area contributed by atoms with E-state index in [9.17, 15) is 14.4 Å². The van der Waals surface area contributed by atoms with Crippen molar-refractivity contribution < 1.29 is 24.2 Å². The second kappa shape index (κ2) is 8.36. The van der Waals surface area contributed by atoms with E-state index in [0.717, 1.165) is 0 Å². The highest BCUT2D eigenvalue weighted by Gasteiger charge is 2.32. The van der Waals surface area contributed by atoms with Crippen molar-refractivity contribution in [2.75, 3.05) is 26.8 Å². The molecule has 0 aromatic heterocycles. The quantitative estimate of drug-likeness (QED) is 0.473. The lowest BCUT2D eigenvalue weighted by molar-refractivity contribution is -0.141. The molecule has 0 saturated heterocycles. The van der Waals surface area contributed by atoms with Crippen LogP contribution in [-0.2, 0) is 14.3 Å². The van der Waals surface area contributed by atoms with Crippen molar-refractivity contribution in [3.63, 3.8) is 0 Å². The Kier molecular flexibility index (Phi) is 7.60. The standard InChI is InChI=1S/C12H23N3O5/c1-12(2,3)9(10(17)18)15-11(19)14-7-8(16)13-5-6-20-4/h9H,5-7H2,1-4H3,(H,13,16)(H,17,18)(H2,14,15,19)/t9-/m0/s1. The molecule has 0 saturated carbocycles. The number of carbonyl (C=O) groups is 3. The van der Waals surface area contributed by atoms with Crippen LogP contribution in [-0.4, -0.2) is 55.9 Å². The molecule has 1 atom stereocenters. The van der Waals surface area contributed by atoms with Gasteiger partial charge in [0.25, 0.3) is 0 Å². The maximum absolute atomic E-state index is 11.5. The zero-order valence-electron chi connectivity index (χ0n) is 12.3. The van der Waals surface area contributed by atoms with Gasteiger partial charge in [-0.25, -0.2) is 9.59 Å². The molecule has 0 aliphatic heterocycles. The number of carboxylic acids is 1. The van der Waals surface area contributed by atoms with E-state index in [0.29, 0.717) is 13.2 Å². The predicted octanol–water partition coefficient (Wildman–Crippen LogP) is -0.452. The summed E-state index contributed by atoms with van der Waals surface area (Å²) in [5, 5.41) is 16.2. The van der Waals surface area contributed by atoms with Crippen molar-refractivity contribution >= 4 is 17.9 Å². The first-order valence-electron chi connectivity index (χ1n) is 6.21. The van der Waals surface area contributed by atoms with Gasteiger partial charge < -0.3 is 25.8 Å². The summed E-state index contributed by atoms with van der Waals surface area (Å²) in [6, 6.07) is -1.74. The molecule has 0 fully saturated rings. The number of hydrogen-bond donors (Lipinski definition) is 4. The average Bonchev–Trinajstić information content (AvgIpc) is 2.32. The van der Waals surface area contributed by atoms with Crippen molar-refractivity contribution in [3.05, 3.63) is 0 Å². The van der Waals surface area contributed by atoms with E-state index in [-0.39, 0.29) is 12.5 Å². The molecule has 0 aromatic rings. The smallest absolute Gasteiger partial charge is 0.326 e. The Morgan fingerprint density at radius 1 is 1.20 bits per heavy atom. The first kappa shape index (κ1) is 18.2. The summed E-state index contributed by atoms with van der Waals surface area (Å²) in [4.78, 5) is 33.9. The topological polar surface area (TPSA) is 117 Å². The van der Waals surface area contributed by atoms with E-state index in [4.69, 9.17) is 9.84 Å². The van der Waals surface area contributed by atoms with Gasteiger partial charge in [0.05, 0.1) is 13.2 Å². The van der Waals surface area contributed by atoms with Crippen LogP contribution >= 0.6 is 0 Å². The number of nitrogens with one attached hydrogen (secondary N) is 3. The van der Waals surface area contributed by atoms with Gasteiger partial charge in [0.1, 0.15) is 6.04 Å². The van der Waals surface area contributed by atoms with Crippen LogP contribution in [0.3, 0.4) is 0 Å². The largest absolute Gasteiger partial charge is 0.480 e. The summed E-state index contributed by atoms with van der Waals surface area (Å²) >= 11 is 0. The molecular weight excluding hydrogens is 266 g/mol. The molecule has 0 rings (SSSR count). The Labute approximate surface area is 118 Å². The molecule has 0 aromatic carbocycles. The molecule has 0 heterocycles. The molecule has 0 spiro atoms. The highest BCUT2D eigenvalue weighted by atomic mass is 16.5. The van der Waals surface area contributed by atoms with E-state index in [1.54, 1.807) is 20.8 Å². The van der Waals surface area contributed by atoms with Gasteiger partial charge in [-0.15, -0.1) is 0 Å². The lowest BCUT2D eigenvalue weighted by Crippen LogP contribution is -2.53. The average molecular weight is 289 g/mol. The van der Waals surface area contributed by atoms with Crippen LogP contribution in [0.2, 0.25) is 0 Å². The number of methoxy groups -OCH3 is 1. The first-order chi connectivity index (χ1) is 9.18. The van der Waals surface area contributed by atoms with Crippen molar-refractivity contribution in [2.24, 2.45) is 5.41 Å². The highest BCUT2D eigenvalue weighted by Crippen LogP contribution is 2.19. The van der Waals surface area contributed by atoms with Crippen LogP contribution in [0, 0.1) is 5.41 Å². The van der Waals surface area contributed by atoms with Crippen LogP contribution in [0.25, 0.3) is 0 Å². The molecule has 4 N–H and O–H groups in total. The fourth-order valence-electron chi connectivity index (χ4n) is 1.35. The molecule has 20 heavy (non-hydrogen) atoms. The Bertz CT molecular complexity index is 351. The van der Waals surface area contributed by atoms with Crippen LogP contribution in [0.15, 0.2) is 0 Å². The molecule has 116 valence electrons. The third-order valence-electron chi connectivity index (χ3n) is 2.43. The number of hydrogen-bond acceptors (Lipinski definition) is 4. The van der Waals surface area contributed by atoms with Gasteiger partial charge in [-0.3, -0.25) is 4.79 Å². The van der Waals surface area contributed by atoms with Crippen molar-refractivity contribution in [3.8, 4) is 0 Å². The number of urea groups is 1. The minimum atomic E-state index is -1.13. The normalized spacial score (nSPS) is 12.4. The van der Waals surface area contributed by atoms with E-state index >= 15 is 0 Å². The first-order valence-corrected chi connectivity index (χ1v) is 6.21. The molecule has 0 unspecified atom stereocenters. The third-order valence-corrected chi connectivity index (χ3v) is 2.43. The van der Waals surface area contributed by atoms with Gasteiger partial charge in [0.2, 0.25) is 5.91 Å². The lowest BCUT2D eigenvalue weighted by Gasteiger charge is -2.27. The zero-order valence-corrected chi connectivity index (χ0v) is 12.3. The molecule has 0 bridgehead atoms. The predicted molar refractivity (Wildman–Crippen MR) is 72.3 cm³/mol. The van der Waals surface area contributed by atoms with E-state index < -0.39 is 23.5 Å². The Hall–Kier alpha value is -1.83. The van der Waals surface area contributed by atoms with Crippen LogP contribution < -0.4 is 16.0 Å². The summed E-state index contributed by atoms with van der Waals surface area (Å²) in [5.41, 5.74) is -0.635. The molecule has 0 aliphatic carbocycles. The van der Waals surface area contributed by atoms with Crippen LogP contribution in [0.1, 0.15) is 20.8 Å². The SMILES string of the molecule is COCCNC(=O)CNC(=O)N[C@@H](C(=O)O)C(C)(C)C. The van der Waals surface area contributed by atoms with E-state index in [2.05, 4.69) is 16.0 Å². The Morgan fingerprint density at radius 2 is 1.80 bits per heavy atom. The second-order valence-corrected chi connectivity index (χ2v) is 5.31. The van der Waals surface area contributed by atoms with Crippen molar-refractivity contribution in [2.45, 2.75) is 26.8 Å². The number of carboxylic acid groups (broad SMARTS) is 1. The minimum Gasteiger partial charge on any atom is -0.480 e. The maximum Gasteiger partial charge on any atom is 0.326 e. The Morgan fingerprint density at radius 3 is 2.25 bits per heavy atom. The molecular formula is C12H23N3O5. The van der Waals surface area contributed by atoms with Gasteiger partial charge in [-0.05, 0) is 5.41 Å². The monoisotopic (exact) mass is 289 g/mol. The molecule has 3 amide bonds. The fraction of sp³-hybridized carbons (Fsp3) is 0.750. The number of rotatable bonds is 7. The van der Waals surface area contributed by atoms with E-state index in [1.165, 1.54) is 7.11 Å². The van der Waals surface area contributed by atoms with Crippen LogP contribution in [0.4, 0.5) is 4.79 Å². The number of ether oxygens (including phenoxy) is 1. The number of carbonyl (C=O) groups excluding carboxylic acids is 2. The molecule has 0 radical (unpaired) electrons. The Balaban J connectivity index is 4.15. The minimum absolute atomic E-state index is 0.230. The van der Waals surface area contributed by atoms with Crippen molar-refractivity contribution in [1.82, 2.24) is 16.0 Å². The lowest BCUT2D eigenvalue weighted by atomic mass is 9.87. The number of aliphatic carboxylic acids is 1. The maximum atomic E-state index is 11.5. The number of amides is 3. The molecule has 8 nitrogen and oxygen atoms in total. The van der Waals surface area contributed by atoms with Gasteiger partial charge in [-0.2, -0.15) is 0 Å². The third kappa shape index (κ3) is 7.57. The van der Waals surface area contributed by atoms with Crippen LogP contribution in [0.5, 0.6) is 0 Å². The molecule has 0 aliphatic rings. The van der Waals surface area contributed by atoms with E-state index in [1.807, 2.05) is 0 Å². The van der Waals surface area contributed by atoms with Gasteiger partial charge in [0, 0.05) is 13.7 Å². The van der Waals surface area contributed by atoms with Gasteiger partial charge in [-0.1, -0.05) is 20.8 Å². The van der Waals surface area contributed by atoms with Gasteiger partial charge in [0.15, 0.2) is 0 Å². The molecule has 8 heteroatoms. The summed E-state index contributed by atoms with van der Waals surface area (Å²) in [5.74, 6) is -1.50. The summed E-state index contributed by atoms with van der Waals surface area (Å²) in [6.07, 6.45) is 0. The summed E-state index contributed by atoms with van der Waals surface area (Å²) in [7, 11) is 1.51. The summed E-state index contributed by atoms with van der Waals surface area (Å²) < 4.78 is 4.75. The second-order valence-electron chi connectivity index (χ2n) is 5.31. The van der Waals surface area contributed by atoms with Crippen molar-refractivity contribution in [1.29, 1.82) is 0 Å².